The van der Waals surface area contributed by atoms with Crippen LogP contribution in [0.1, 0.15) is 32.4 Å². The summed E-state index contributed by atoms with van der Waals surface area (Å²) in [5.74, 6) is -0.490. The van der Waals surface area contributed by atoms with E-state index in [0.29, 0.717) is 40.5 Å². The molecule has 2 N–H and O–H groups in total. The number of fused-ring (bicyclic) bond motifs is 1. The van der Waals surface area contributed by atoms with Crippen molar-refractivity contribution in [3.8, 4) is 17.3 Å². The third-order valence-electron chi connectivity index (χ3n) is 6.38. The first-order chi connectivity index (χ1) is 18.1. The second-order valence-corrected chi connectivity index (χ2v) is 10.9. The van der Waals surface area contributed by atoms with Crippen molar-refractivity contribution in [2.45, 2.75) is 50.8 Å². The maximum absolute atomic E-state index is 13.9. The normalized spacial score (nSPS) is 15.3. The van der Waals surface area contributed by atoms with Crippen LogP contribution in [0, 0.1) is 18.8 Å². The van der Waals surface area contributed by atoms with Crippen molar-refractivity contribution < 1.29 is 21.9 Å². The molecule has 1 aliphatic rings. The minimum absolute atomic E-state index is 0.00839. The Hall–Kier alpha value is -3.78. The Bertz CT molecular complexity index is 1570. The molecular weight excluding hydrogens is 518 g/mol. The van der Waals surface area contributed by atoms with E-state index in [0.717, 1.165) is 31.6 Å². The lowest BCUT2D eigenvalue weighted by Gasteiger charge is -2.34. The Morgan fingerprint density at radius 3 is 2.50 bits per heavy atom. The number of rotatable bonds is 7. The fourth-order valence-corrected chi connectivity index (χ4v) is 5.37. The van der Waals surface area contributed by atoms with Crippen molar-refractivity contribution in [1.29, 1.82) is 0 Å². The summed E-state index contributed by atoms with van der Waals surface area (Å²) in [6.45, 7) is 8.12. The fraction of sp³-hybridized carbons (Fsp3) is 0.375. The number of likely N-dealkylation sites (tertiary alicyclic amines) is 1. The van der Waals surface area contributed by atoms with Gasteiger partial charge in [-0.05, 0) is 57.9 Å². The number of benzene rings is 1. The zero-order valence-electron chi connectivity index (χ0n) is 20.9. The molecule has 1 aliphatic heterocycles. The highest BCUT2D eigenvalue weighted by Gasteiger charge is 2.25. The Labute approximate surface area is 217 Å². The van der Waals surface area contributed by atoms with E-state index in [2.05, 4.69) is 53.6 Å². The van der Waals surface area contributed by atoms with Crippen LogP contribution in [0.25, 0.3) is 22.4 Å². The molecule has 4 aromatic rings. The summed E-state index contributed by atoms with van der Waals surface area (Å²) < 4.78 is 60.7. The van der Waals surface area contributed by atoms with Gasteiger partial charge in [0.15, 0.2) is 17.3 Å². The average molecular weight is 545 g/mol. The number of anilines is 1. The predicted molar refractivity (Wildman–Crippen MR) is 135 cm³/mol. The van der Waals surface area contributed by atoms with E-state index in [1.807, 2.05) is 6.92 Å². The first-order valence-corrected chi connectivity index (χ1v) is 13.5. The third kappa shape index (κ3) is 5.27. The molecule has 0 aliphatic carbocycles. The van der Waals surface area contributed by atoms with Gasteiger partial charge in [-0.2, -0.15) is 27.9 Å². The third-order valence-corrected chi connectivity index (χ3v) is 7.68. The van der Waals surface area contributed by atoms with E-state index >= 15 is 0 Å². The van der Waals surface area contributed by atoms with Crippen molar-refractivity contribution in [2.75, 3.05) is 17.8 Å². The number of piperidine rings is 1. The molecule has 0 spiro atoms. The Morgan fingerprint density at radius 1 is 1.11 bits per heavy atom. The molecule has 1 fully saturated rings. The molecule has 0 atom stereocenters. The number of hydrogen-bond acceptors (Lipinski definition) is 9. The summed E-state index contributed by atoms with van der Waals surface area (Å²) in [6, 6.07) is 6.58. The summed E-state index contributed by atoms with van der Waals surface area (Å²) in [5, 5.41) is 6.83. The number of sulfonamides is 1. The van der Waals surface area contributed by atoms with Crippen LogP contribution in [0.15, 0.2) is 35.5 Å². The summed E-state index contributed by atoms with van der Waals surface area (Å²) in [5.41, 5.74) is 1.93. The molecule has 5 rings (SSSR count). The standard InChI is InChI=1S/C24H26F2N8O3S/c1-13(2)34-10-8-17(9-11-34)37-22-19-14(3)31-32-21(19)28-20(29-22)15-4-6-16(7-5-15)33-38(35,36)23-18(25)12-27-24(26)30-23/h4-7,12-13,17,33H,8-11H2,1-3H3,(H,28,29,31,32). The maximum atomic E-state index is 13.9. The van der Waals surface area contributed by atoms with Gasteiger partial charge in [0, 0.05) is 36.1 Å². The zero-order valence-corrected chi connectivity index (χ0v) is 21.8. The smallest absolute Gasteiger partial charge is 0.310 e. The van der Waals surface area contributed by atoms with Crippen molar-refractivity contribution in [2.24, 2.45) is 0 Å². The van der Waals surface area contributed by atoms with Gasteiger partial charge in [0.25, 0.3) is 10.0 Å². The number of ether oxygens (including phenoxy) is 1. The number of aryl methyl sites for hydroxylation is 1. The average Bonchev–Trinajstić information content (AvgIpc) is 3.26. The van der Waals surface area contributed by atoms with Crippen LogP contribution in [-0.2, 0) is 10.0 Å². The quantitative estimate of drug-likeness (QED) is 0.265. The molecule has 200 valence electrons. The predicted octanol–water partition coefficient (Wildman–Crippen LogP) is 3.45. The molecule has 1 saturated heterocycles. The van der Waals surface area contributed by atoms with Gasteiger partial charge in [0.05, 0.1) is 6.20 Å². The molecule has 0 radical (unpaired) electrons. The van der Waals surface area contributed by atoms with E-state index < -0.39 is 26.9 Å². The SMILES string of the molecule is Cc1[nH]nc2nc(-c3ccc(NS(=O)(=O)c4nc(F)ncc4F)cc3)nc(OC3CCN(C(C)C)CC3)c12. The lowest BCUT2D eigenvalue weighted by Crippen LogP contribution is -2.41. The fourth-order valence-electron chi connectivity index (χ4n) is 4.32. The van der Waals surface area contributed by atoms with E-state index in [4.69, 9.17) is 4.74 Å². The van der Waals surface area contributed by atoms with Crippen molar-refractivity contribution in [3.63, 3.8) is 0 Å². The number of nitrogens with one attached hydrogen (secondary N) is 2. The van der Waals surface area contributed by atoms with E-state index in [1.165, 1.54) is 12.1 Å². The number of aromatic amines is 1. The number of H-pyrrole nitrogens is 1. The minimum atomic E-state index is -4.49. The lowest BCUT2D eigenvalue weighted by atomic mass is 10.1. The molecule has 38 heavy (non-hydrogen) atoms. The van der Waals surface area contributed by atoms with Gasteiger partial charge in [-0.15, -0.1) is 0 Å². The van der Waals surface area contributed by atoms with Gasteiger partial charge < -0.3 is 9.64 Å². The number of halogens is 2. The summed E-state index contributed by atoms with van der Waals surface area (Å²) in [7, 11) is -4.49. The van der Waals surface area contributed by atoms with E-state index in [-0.39, 0.29) is 11.8 Å². The molecule has 11 nitrogen and oxygen atoms in total. The molecular formula is C24H26F2N8O3S. The van der Waals surface area contributed by atoms with Crippen LogP contribution in [-0.4, -0.2) is 68.7 Å². The van der Waals surface area contributed by atoms with Gasteiger partial charge in [-0.1, -0.05) is 0 Å². The number of hydrogen-bond donors (Lipinski definition) is 2. The maximum Gasteiger partial charge on any atom is 0.310 e. The van der Waals surface area contributed by atoms with Crippen LogP contribution >= 0.6 is 0 Å². The van der Waals surface area contributed by atoms with Crippen LogP contribution < -0.4 is 9.46 Å². The van der Waals surface area contributed by atoms with Gasteiger partial charge in [-0.3, -0.25) is 9.82 Å². The zero-order chi connectivity index (χ0) is 27.0. The number of nitrogens with zero attached hydrogens (tertiary/aromatic N) is 6. The molecule has 1 aromatic carbocycles. The second-order valence-electron chi connectivity index (χ2n) is 9.32. The molecule has 0 saturated carbocycles. The largest absolute Gasteiger partial charge is 0.474 e. The first kappa shape index (κ1) is 25.9. The van der Waals surface area contributed by atoms with E-state index in [9.17, 15) is 17.2 Å². The first-order valence-electron chi connectivity index (χ1n) is 12.1. The van der Waals surface area contributed by atoms with Gasteiger partial charge in [-0.25, -0.2) is 14.4 Å². The van der Waals surface area contributed by atoms with Crippen LogP contribution in [0.4, 0.5) is 14.5 Å². The molecule has 14 heteroatoms. The highest BCUT2D eigenvalue weighted by Crippen LogP contribution is 2.30. The topological polar surface area (TPSA) is 139 Å². The summed E-state index contributed by atoms with van der Waals surface area (Å²) in [6.07, 6.45) is 0.863. The molecule has 4 heterocycles. The highest BCUT2D eigenvalue weighted by atomic mass is 32.2. The monoisotopic (exact) mass is 544 g/mol. The molecule has 0 amide bonds. The van der Waals surface area contributed by atoms with Gasteiger partial charge in [0.1, 0.15) is 11.5 Å². The Morgan fingerprint density at radius 2 is 1.82 bits per heavy atom. The molecule has 0 bridgehead atoms. The van der Waals surface area contributed by atoms with Crippen LogP contribution in [0.5, 0.6) is 5.88 Å². The molecule has 3 aromatic heterocycles. The van der Waals surface area contributed by atoms with Crippen molar-refractivity contribution in [3.05, 3.63) is 48.1 Å². The lowest BCUT2D eigenvalue weighted by molar-refractivity contribution is 0.0824. The van der Waals surface area contributed by atoms with Gasteiger partial charge >= 0.3 is 6.08 Å². The van der Waals surface area contributed by atoms with Crippen LogP contribution in [0.2, 0.25) is 0 Å². The Kier molecular flexibility index (Phi) is 6.92. The van der Waals surface area contributed by atoms with Crippen LogP contribution in [0.3, 0.4) is 0 Å². The second kappa shape index (κ2) is 10.2. The minimum Gasteiger partial charge on any atom is -0.474 e. The highest BCUT2D eigenvalue weighted by molar-refractivity contribution is 7.92. The molecule has 0 unspecified atom stereocenters. The van der Waals surface area contributed by atoms with Crippen molar-refractivity contribution >= 4 is 26.7 Å². The van der Waals surface area contributed by atoms with E-state index in [1.54, 1.807) is 12.1 Å². The summed E-state index contributed by atoms with van der Waals surface area (Å²) >= 11 is 0. The van der Waals surface area contributed by atoms with Crippen molar-refractivity contribution in [1.82, 2.24) is 35.0 Å². The number of aromatic nitrogens is 6. The summed E-state index contributed by atoms with van der Waals surface area (Å²) in [4.78, 5) is 17.7. The van der Waals surface area contributed by atoms with Gasteiger partial charge in [0.2, 0.25) is 10.9 Å². The Balaban J connectivity index is 1.39.